The van der Waals surface area contributed by atoms with Crippen molar-refractivity contribution in [3.05, 3.63) is 17.0 Å². The van der Waals surface area contributed by atoms with Crippen LogP contribution in [0.5, 0.6) is 0 Å². The highest BCUT2D eigenvalue weighted by atomic mass is 32.2. The van der Waals surface area contributed by atoms with Crippen LogP contribution in [0.25, 0.3) is 0 Å². The standard InChI is InChI=1S/C14H19NO4S2/c1-9-6-7-20-14(9)21(18,19)15-11-5-3-2-4-10(11)8-12(15)13(16)17/h6-7,10-12H,2-5,8H2,1H3,(H,16,17). The van der Waals surface area contributed by atoms with E-state index in [0.29, 0.717) is 16.2 Å². The van der Waals surface area contributed by atoms with Crippen molar-refractivity contribution in [2.75, 3.05) is 0 Å². The maximum absolute atomic E-state index is 13.0. The third-order valence-corrected chi connectivity index (χ3v) is 8.24. The van der Waals surface area contributed by atoms with Gasteiger partial charge in [0.1, 0.15) is 10.3 Å². The first-order valence-corrected chi connectivity index (χ1v) is 9.55. The van der Waals surface area contributed by atoms with Crippen molar-refractivity contribution in [2.45, 2.75) is 55.3 Å². The molecule has 0 amide bonds. The summed E-state index contributed by atoms with van der Waals surface area (Å²) >= 11 is 1.17. The van der Waals surface area contributed by atoms with E-state index in [2.05, 4.69) is 0 Å². The molecule has 1 N–H and O–H groups in total. The van der Waals surface area contributed by atoms with Gasteiger partial charge in [0.25, 0.3) is 10.0 Å². The minimum absolute atomic E-state index is 0.147. The molecule has 5 nitrogen and oxygen atoms in total. The maximum Gasteiger partial charge on any atom is 0.322 e. The second-order valence-corrected chi connectivity index (χ2v) is 8.88. The van der Waals surface area contributed by atoms with Gasteiger partial charge in [0.15, 0.2) is 0 Å². The average Bonchev–Trinajstić information content (AvgIpc) is 3.02. The molecule has 1 saturated heterocycles. The number of thiophene rings is 1. The number of carboxylic acids is 1. The third kappa shape index (κ3) is 2.41. The van der Waals surface area contributed by atoms with Crippen molar-refractivity contribution in [2.24, 2.45) is 5.92 Å². The summed E-state index contributed by atoms with van der Waals surface area (Å²) in [5.41, 5.74) is 0.698. The molecule has 3 unspecified atom stereocenters. The number of sulfonamides is 1. The van der Waals surface area contributed by atoms with E-state index >= 15 is 0 Å². The summed E-state index contributed by atoms with van der Waals surface area (Å²) in [6.07, 6.45) is 4.20. The first kappa shape index (κ1) is 15.0. The molecule has 1 saturated carbocycles. The summed E-state index contributed by atoms with van der Waals surface area (Å²) in [6, 6.07) is 0.706. The molecule has 7 heteroatoms. The molecule has 0 aromatic carbocycles. The summed E-state index contributed by atoms with van der Waals surface area (Å²) in [6.45, 7) is 1.76. The topological polar surface area (TPSA) is 74.7 Å². The molecule has 0 spiro atoms. The van der Waals surface area contributed by atoms with Gasteiger partial charge >= 0.3 is 5.97 Å². The Bertz CT molecular complexity index is 652. The predicted octanol–water partition coefficient (Wildman–Crippen LogP) is 2.46. The Labute approximate surface area is 128 Å². The molecule has 1 aromatic heterocycles. The molecule has 2 aliphatic rings. The van der Waals surface area contributed by atoms with E-state index in [1.54, 1.807) is 18.4 Å². The van der Waals surface area contributed by atoms with E-state index in [0.717, 1.165) is 25.7 Å². The Hall–Kier alpha value is -0.920. The Kier molecular flexibility index (Phi) is 3.83. The number of fused-ring (bicyclic) bond motifs is 1. The van der Waals surface area contributed by atoms with Crippen molar-refractivity contribution in [1.29, 1.82) is 0 Å². The molecule has 1 aliphatic carbocycles. The predicted molar refractivity (Wildman–Crippen MR) is 79.9 cm³/mol. The van der Waals surface area contributed by atoms with Gasteiger partial charge in [-0.3, -0.25) is 4.79 Å². The van der Waals surface area contributed by atoms with Crippen molar-refractivity contribution >= 4 is 27.3 Å². The molecule has 0 radical (unpaired) electrons. The molecule has 116 valence electrons. The fourth-order valence-electron chi connectivity index (χ4n) is 3.69. The van der Waals surface area contributed by atoms with Crippen LogP contribution in [0.1, 0.15) is 37.7 Å². The molecule has 3 atom stereocenters. The fourth-order valence-corrected chi connectivity index (χ4v) is 7.07. The van der Waals surface area contributed by atoms with Gasteiger partial charge in [0.2, 0.25) is 0 Å². The van der Waals surface area contributed by atoms with Gasteiger partial charge < -0.3 is 5.11 Å². The van der Waals surface area contributed by atoms with Gasteiger partial charge in [-0.25, -0.2) is 8.42 Å². The Morgan fingerprint density at radius 3 is 2.71 bits per heavy atom. The molecule has 2 fully saturated rings. The van der Waals surface area contributed by atoms with Crippen molar-refractivity contribution < 1.29 is 18.3 Å². The summed E-state index contributed by atoms with van der Waals surface area (Å²) in [4.78, 5) is 11.6. The quantitative estimate of drug-likeness (QED) is 0.924. The number of hydrogen-bond acceptors (Lipinski definition) is 4. The zero-order valence-electron chi connectivity index (χ0n) is 11.9. The van der Waals surface area contributed by atoms with Crippen LogP contribution in [-0.2, 0) is 14.8 Å². The molecule has 0 bridgehead atoms. The van der Waals surface area contributed by atoms with E-state index in [1.165, 1.54) is 15.6 Å². The van der Waals surface area contributed by atoms with E-state index in [-0.39, 0.29) is 12.0 Å². The molecule has 1 aliphatic heterocycles. The Morgan fingerprint density at radius 2 is 2.10 bits per heavy atom. The molecule has 21 heavy (non-hydrogen) atoms. The highest BCUT2D eigenvalue weighted by Gasteiger charge is 2.51. The number of aliphatic carboxylic acids is 1. The van der Waals surface area contributed by atoms with E-state index in [4.69, 9.17) is 0 Å². The lowest BCUT2D eigenvalue weighted by molar-refractivity contribution is -0.141. The minimum atomic E-state index is -3.72. The summed E-state index contributed by atoms with van der Waals surface area (Å²) in [5.74, 6) is -0.836. The Balaban J connectivity index is 2.04. The average molecular weight is 329 g/mol. The summed E-state index contributed by atoms with van der Waals surface area (Å²) < 4.78 is 27.5. The third-order valence-electron chi connectivity index (χ3n) is 4.64. The van der Waals surface area contributed by atoms with Gasteiger partial charge in [0.05, 0.1) is 0 Å². The number of hydrogen-bond donors (Lipinski definition) is 1. The first-order valence-electron chi connectivity index (χ1n) is 7.23. The van der Waals surface area contributed by atoms with Gasteiger partial charge in [-0.1, -0.05) is 12.8 Å². The van der Waals surface area contributed by atoms with Crippen LogP contribution >= 0.6 is 11.3 Å². The number of aryl methyl sites for hydroxylation is 1. The molecule has 1 aromatic rings. The van der Waals surface area contributed by atoms with Crippen molar-refractivity contribution in [1.82, 2.24) is 4.31 Å². The maximum atomic E-state index is 13.0. The van der Waals surface area contributed by atoms with Crippen molar-refractivity contribution in [3.63, 3.8) is 0 Å². The zero-order valence-corrected chi connectivity index (χ0v) is 13.5. The monoisotopic (exact) mass is 329 g/mol. The SMILES string of the molecule is Cc1ccsc1S(=O)(=O)N1C(C(=O)O)CC2CCCCC21. The van der Waals surface area contributed by atoms with Crippen LogP contribution in [0.2, 0.25) is 0 Å². The summed E-state index contributed by atoms with van der Waals surface area (Å²) in [5, 5.41) is 11.2. The minimum Gasteiger partial charge on any atom is -0.480 e. The normalized spacial score (nSPS) is 30.2. The van der Waals surface area contributed by atoms with E-state index < -0.39 is 22.0 Å². The van der Waals surface area contributed by atoms with Crippen LogP contribution in [0, 0.1) is 12.8 Å². The number of nitrogens with zero attached hydrogens (tertiary/aromatic N) is 1. The van der Waals surface area contributed by atoms with Crippen LogP contribution in [0.15, 0.2) is 15.7 Å². The highest BCUT2D eigenvalue weighted by Crippen LogP contribution is 2.43. The smallest absolute Gasteiger partial charge is 0.322 e. The van der Waals surface area contributed by atoms with Gasteiger partial charge in [-0.05, 0) is 49.1 Å². The molecule has 2 heterocycles. The van der Waals surface area contributed by atoms with Crippen LogP contribution in [0.3, 0.4) is 0 Å². The van der Waals surface area contributed by atoms with Gasteiger partial charge in [-0.15, -0.1) is 11.3 Å². The Morgan fingerprint density at radius 1 is 1.38 bits per heavy atom. The van der Waals surface area contributed by atoms with E-state index in [9.17, 15) is 18.3 Å². The lowest BCUT2D eigenvalue weighted by atomic mass is 9.85. The molecular weight excluding hydrogens is 310 g/mol. The number of carboxylic acid groups (broad SMARTS) is 1. The molecule has 3 rings (SSSR count). The van der Waals surface area contributed by atoms with Crippen molar-refractivity contribution in [3.8, 4) is 0 Å². The lowest BCUT2D eigenvalue weighted by Crippen LogP contribution is -2.46. The second kappa shape index (κ2) is 5.37. The lowest BCUT2D eigenvalue weighted by Gasteiger charge is -2.31. The highest BCUT2D eigenvalue weighted by molar-refractivity contribution is 7.91. The molecular formula is C14H19NO4S2. The first-order chi connectivity index (χ1) is 9.93. The largest absolute Gasteiger partial charge is 0.480 e. The van der Waals surface area contributed by atoms with Crippen LogP contribution in [0.4, 0.5) is 0 Å². The van der Waals surface area contributed by atoms with Gasteiger partial charge in [-0.2, -0.15) is 4.31 Å². The fraction of sp³-hybridized carbons (Fsp3) is 0.643. The second-order valence-electron chi connectivity index (χ2n) is 5.93. The van der Waals surface area contributed by atoms with E-state index in [1.807, 2.05) is 0 Å². The zero-order chi connectivity index (χ0) is 15.2. The van der Waals surface area contributed by atoms with Crippen LogP contribution in [-0.4, -0.2) is 35.9 Å². The number of carbonyl (C=O) groups is 1. The van der Waals surface area contributed by atoms with Gasteiger partial charge in [0, 0.05) is 6.04 Å². The number of rotatable bonds is 3. The summed E-state index contributed by atoms with van der Waals surface area (Å²) in [7, 11) is -3.72. The van der Waals surface area contributed by atoms with Crippen LogP contribution < -0.4 is 0 Å².